The van der Waals surface area contributed by atoms with Gasteiger partial charge in [0.25, 0.3) is 0 Å². The largest absolute Gasteiger partial charge is 0.481 e. The molecule has 2 atom stereocenters. The molecule has 2 aliphatic rings. The van der Waals surface area contributed by atoms with Crippen LogP contribution in [-0.2, 0) is 14.4 Å². The lowest BCUT2D eigenvalue weighted by Crippen LogP contribution is -2.36. The summed E-state index contributed by atoms with van der Waals surface area (Å²) in [6.07, 6.45) is 3.51. The molecule has 1 aromatic carbocycles. The van der Waals surface area contributed by atoms with E-state index in [0.717, 1.165) is 25.9 Å². The Hall–Kier alpha value is -2.41. The van der Waals surface area contributed by atoms with Crippen molar-refractivity contribution in [3.63, 3.8) is 0 Å². The highest BCUT2D eigenvalue weighted by atomic mass is 16.4. The lowest BCUT2D eigenvalue weighted by atomic mass is 10.1. The van der Waals surface area contributed by atoms with Crippen LogP contribution in [0.1, 0.15) is 33.1 Å². The Morgan fingerprint density at radius 2 is 1.56 bits per heavy atom. The second kappa shape index (κ2) is 7.68. The van der Waals surface area contributed by atoms with Crippen LogP contribution in [0.3, 0.4) is 0 Å². The molecule has 0 bridgehead atoms. The van der Waals surface area contributed by atoms with Crippen molar-refractivity contribution in [1.82, 2.24) is 4.90 Å². The molecule has 2 amide bonds. The van der Waals surface area contributed by atoms with Gasteiger partial charge in [-0.15, -0.1) is 0 Å². The number of piperidine rings is 1. The Morgan fingerprint density at radius 1 is 1.00 bits per heavy atom. The van der Waals surface area contributed by atoms with Crippen LogP contribution in [0.15, 0.2) is 24.3 Å². The predicted octanol–water partition coefficient (Wildman–Crippen LogP) is 2.41. The third-order valence-corrected chi connectivity index (χ3v) is 5.63. The molecule has 1 heterocycles. The zero-order valence-corrected chi connectivity index (χ0v) is 15.8. The van der Waals surface area contributed by atoms with Crippen LogP contribution in [0.2, 0.25) is 0 Å². The van der Waals surface area contributed by atoms with Crippen molar-refractivity contribution >= 4 is 29.2 Å². The number of hydrogen-bond donors (Lipinski definition) is 3. The zero-order chi connectivity index (χ0) is 19.6. The Morgan fingerprint density at radius 3 is 2.07 bits per heavy atom. The number of carbonyl (C=O) groups excluding carboxylic acids is 2. The molecule has 1 saturated carbocycles. The summed E-state index contributed by atoms with van der Waals surface area (Å²) in [5.74, 6) is -2.44. The van der Waals surface area contributed by atoms with E-state index >= 15 is 0 Å². The highest BCUT2D eigenvalue weighted by molar-refractivity contribution is 6.00. The average Bonchev–Trinajstić information content (AvgIpc) is 3.20. The molecule has 27 heavy (non-hydrogen) atoms. The van der Waals surface area contributed by atoms with E-state index in [1.807, 2.05) is 0 Å². The lowest BCUT2D eigenvalue weighted by molar-refractivity contribution is -0.140. The molecule has 2 fully saturated rings. The van der Waals surface area contributed by atoms with E-state index in [1.165, 1.54) is 6.42 Å². The Balaban J connectivity index is 1.51. The maximum absolute atomic E-state index is 12.3. The topological polar surface area (TPSA) is 98.7 Å². The van der Waals surface area contributed by atoms with E-state index in [-0.39, 0.29) is 11.8 Å². The highest BCUT2D eigenvalue weighted by Gasteiger charge is 2.65. The number of anilines is 2. The van der Waals surface area contributed by atoms with Crippen molar-refractivity contribution in [3.05, 3.63) is 24.3 Å². The fraction of sp³-hybridized carbons (Fsp3) is 0.550. The Bertz CT molecular complexity index is 723. The molecule has 7 heteroatoms. The predicted molar refractivity (Wildman–Crippen MR) is 102 cm³/mol. The molecule has 0 aromatic heterocycles. The van der Waals surface area contributed by atoms with Crippen LogP contribution in [0.4, 0.5) is 11.4 Å². The monoisotopic (exact) mass is 373 g/mol. The number of hydrogen-bond acceptors (Lipinski definition) is 4. The molecule has 146 valence electrons. The number of carbonyl (C=O) groups is 3. The van der Waals surface area contributed by atoms with Gasteiger partial charge in [0.2, 0.25) is 11.8 Å². The van der Waals surface area contributed by atoms with Crippen molar-refractivity contribution < 1.29 is 19.5 Å². The highest BCUT2D eigenvalue weighted by Crippen LogP contribution is 2.58. The molecule has 0 spiro atoms. The number of carboxylic acids is 1. The van der Waals surface area contributed by atoms with Gasteiger partial charge in [0, 0.05) is 11.4 Å². The van der Waals surface area contributed by atoms with Gasteiger partial charge in [0.1, 0.15) is 0 Å². The molecule has 1 aliphatic heterocycles. The quantitative estimate of drug-likeness (QED) is 0.711. The normalized spacial score (nSPS) is 24.1. The standard InChI is InChI=1S/C20H27N3O4/c1-20(2)16(17(20)19(26)27)18(25)22-14-8-6-13(7-9-14)21-15(24)12-23-10-4-3-5-11-23/h6-9,16-17H,3-5,10-12H2,1-2H3,(H,21,24)(H,22,25)(H,26,27)/t16-,17-/m0/s1. The molecule has 1 aromatic rings. The number of likely N-dealkylation sites (tertiary alicyclic amines) is 1. The molecule has 1 aliphatic carbocycles. The van der Waals surface area contributed by atoms with Gasteiger partial charge in [0.15, 0.2) is 0 Å². The second-order valence-corrected chi connectivity index (χ2v) is 8.07. The van der Waals surface area contributed by atoms with E-state index in [9.17, 15) is 19.5 Å². The minimum Gasteiger partial charge on any atom is -0.481 e. The summed E-state index contributed by atoms with van der Waals surface area (Å²) in [7, 11) is 0. The van der Waals surface area contributed by atoms with Crippen LogP contribution < -0.4 is 10.6 Å². The summed E-state index contributed by atoms with van der Waals surface area (Å²) in [6, 6.07) is 6.88. The third kappa shape index (κ3) is 4.47. The van der Waals surface area contributed by atoms with E-state index in [1.54, 1.807) is 38.1 Å². The number of carboxylic acid groups (broad SMARTS) is 1. The van der Waals surface area contributed by atoms with Crippen molar-refractivity contribution in [1.29, 1.82) is 0 Å². The molecule has 7 nitrogen and oxygen atoms in total. The first-order valence-electron chi connectivity index (χ1n) is 9.45. The van der Waals surface area contributed by atoms with Crippen LogP contribution >= 0.6 is 0 Å². The van der Waals surface area contributed by atoms with Crippen LogP contribution in [0.5, 0.6) is 0 Å². The first-order valence-corrected chi connectivity index (χ1v) is 9.45. The molecule has 0 unspecified atom stereocenters. The summed E-state index contributed by atoms with van der Waals surface area (Å²) in [5.41, 5.74) is 0.726. The van der Waals surface area contributed by atoms with Crippen LogP contribution in [0, 0.1) is 17.3 Å². The summed E-state index contributed by atoms with van der Waals surface area (Å²) >= 11 is 0. The van der Waals surface area contributed by atoms with E-state index in [0.29, 0.717) is 17.9 Å². The molecule has 3 N–H and O–H groups in total. The lowest BCUT2D eigenvalue weighted by Gasteiger charge is -2.25. The summed E-state index contributed by atoms with van der Waals surface area (Å²) in [6.45, 7) is 5.90. The third-order valence-electron chi connectivity index (χ3n) is 5.63. The van der Waals surface area contributed by atoms with Gasteiger partial charge in [-0.3, -0.25) is 19.3 Å². The first-order chi connectivity index (χ1) is 12.8. The number of benzene rings is 1. The Kier molecular flexibility index (Phi) is 5.51. The zero-order valence-electron chi connectivity index (χ0n) is 15.8. The molecular weight excluding hydrogens is 346 g/mol. The maximum atomic E-state index is 12.3. The van der Waals surface area contributed by atoms with Gasteiger partial charge in [-0.05, 0) is 55.6 Å². The fourth-order valence-corrected chi connectivity index (χ4v) is 3.97. The Labute approximate surface area is 159 Å². The summed E-state index contributed by atoms with van der Waals surface area (Å²) in [5, 5.41) is 14.8. The molecule has 1 saturated heterocycles. The minimum absolute atomic E-state index is 0.0438. The molecular formula is C20H27N3O4. The number of nitrogens with one attached hydrogen (secondary N) is 2. The average molecular weight is 373 g/mol. The number of amides is 2. The van der Waals surface area contributed by atoms with E-state index in [4.69, 9.17) is 0 Å². The fourth-order valence-electron chi connectivity index (χ4n) is 3.97. The van der Waals surface area contributed by atoms with Gasteiger partial charge in [0.05, 0.1) is 18.4 Å². The van der Waals surface area contributed by atoms with E-state index < -0.39 is 23.2 Å². The van der Waals surface area contributed by atoms with Gasteiger partial charge in [-0.1, -0.05) is 20.3 Å². The second-order valence-electron chi connectivity index (χ2n) is 8.07. The first kappa shape index (κ1) is 19.4. The summed E-state index contributed by atoms with van der Waals surface area (Å²) < 4.78 is 0. The van der Waals surface area contributed by atoms with Crippen molar-refractivity contribution in [3.8, 4) is 0 Å². The van der Waals surface area contributed by atoms with Gasteiger partial charge >= 0.3 is 5.97 Å². The van der Waals surface area contributed by atoms with Crippen molar-refractivity contribution in [2.75, 3.05) is 30.3 Å². The van der Waals surface area contributed by atoms with Gasteiger partial charge in [-0.25, -0.2) is 0 Å². The van der Waals surface area contributed by atoms with Crippen molar-refractivity contribution in [2.45, 2.75) is 33.1 Å². The minimum atomic E-state index is -0.938. The SMILES string of the molecule is CC1(C)[C@H](C(=O)O)[C@H]1C(=O)Nc1ccc(NC(=O)CN2CCCCC2)cc1. The van der Waals surface area contributed by atoms with Crippen LogP contribution in [0.25, 0.3) is 0 Å². The number of nitrogens with zero attached hydrogens (tertiary/aromatic N) is 1. The summed E-state index contributed by atoms with van der Waals surface area (Å²) in [4.78, 5) is 37.8. The molecule has 0 radical (unpaired) electrons. The smallest absolute Gasteiger partial charge is 0.307 e. The maximum Gasteiger partial charge on any atom is 0.307 e. The van der Waals surface area contributed by atoms with Crippen molar-refractivity contribution in [2.24, 2.45) is 17.3 Å². The number of aliphatic carboxylic acids is 1. The van der Waals surface area contributed by atoms with Gasteiger partial charge in [-0.2, -0.15) is 0 Å². The number of rotatable bonds is 6. The molecule has 3 rings (SSSR count). The van der Waals surface area contributed by atoms with E-state index in [2.05, 4.69) is 15.5 Å². The van der Waals surface area contributed by atoms with Crippen LogP contribution in [-0.4, -0.2) is 47.4 Å². The van der Waals surface area contributed by atoms with Gasteiger partial charge < -0.3 is 15.7 Å².